The number of amides is 1. The number of carbonyl (C=O) groups excluding carboxylic acids is 2. The number of Topliss-reactive ketones (excluding diaryl/α,β-unsaturated/α-hetero) is 1. The molecule has 0 bridgehead atoms. The van der Waals surface area contributed by atoms with Crippen molar-refractivity contribution >= 4 is 11.7 Å². The molecule has 0 atom stereocenters. The lowest BCUT2D eigenvalue weighted by Gasteiger charge is -1.97. The molecule has 0 aliphatic carbocycles. The zero-order valence-corrected chi connectivity index (χ0v) is 7.14. The lowest BCUT2D eigenvalue weighted by Crippen LogP contribution is -2.17. The Morgan fingerprint density at radius 2 is 1.91 bits per heavy atom. The van der Waals surface area contributed by atoms with Gasteiger partial charge in [0.15, 0.2) is 0 Å². The van der Waals surface area contributed by atoms with Gasteiger partial charge in [-0.1, -0.05) is 6.92 Å². The van der Waals surface area contributed by atoms with E-state index in [4.69, 9.17) is 0 Å². The lowest BCUT2D eigenvalue weighted by atomic mass is 10.1. The summed E-state index contributed by atoms with van der Waals surface area (Å²) in [5, 5.41) is 2.51. The van der Waals surface area contributed by atoms with Crippen molar-refractivity contribution in [3.63, 3.8) is 0 Å². The van der Waals surface area contributed by atoms with E-state index >= 15 is 0 Å². The number of ketones is 1. The first-order valence-corrected chi connectivity index (χ1v) is 3.93. The van der Waals surface area contributed by atoms with Gasteiger partial charge in [-0.05, 0) is 6.42 Å². The molecule has 0 aliphatic rings. The summed E-state index contributed by atoms with van der Waals surface area (Å²) in [4.78, 5) is 21.4. The third kappa shape index (κ3) is 5.58. The van der Waals surface area contributed by atoms with Crippen LogP contribution in [0.15, 0.2) is 0 Å². The summed E-state index contributed by atoms with van der Waals surface area (Å²) < 4.78 is 0. The molecule has 3 heteroatoms. The summed E-state index contributed by atoms with van der Waals surface area (Å²) in [5.74, 6) is 0.239. The fraction of sp³-hybridized carbons (Fsp3) is 0.750. The molecule has 0 saturated heterocycles. The highest BCUT2D eigenvalue weighted by Gasteiger charge is 2.00. The molecular weight excluding hydrogens is 142 g/mol. The second-order valence-corrected chi connectivity index (χ2v) is 2.42. The molecule has 0 saturated carbocycles. The van der Waals surface area contributed by atoms with E-state index in [-0.39, 0.29) is 11.7 Å². The van der Waals surface area contributed by atoms with Crippen molar-refractivity contribution in [1.82, 2.24) is 5.32 Å². The normalized spacial score (nSPS) is 9.27. The van der Waals surface area contributed by atoms with Crippen LogP contribution >= 0.6 is 0 Å². The van der Waals surface area contributed by atoms with E-state index in [0.29, 0.717) is 25.7 Å². The molecule has 1 N–H and O–H groups in total. The van der Waals surface area contributed by atoms with Gasteiger partial charge in [-0.15, -0.1) is 0 Å². The Morgan fingerprint density at radius 3 is 2.36 bits per heavy atom. The Bertz CT molecular complexity index is 127. The number of hydrogen-bond acceptors (Lipinski definition) is 2. The van der Waals surface area contributed by atoms with Crippen LogP contribution in [0.2, 0.25) is 0 Å². The number of carbonyl (C=O) groups is 2. The Hall–Kier alpha value is -0.860. The van der Waals surface area contributed by atoms with E-state index in [9.17, 15) is 9.59 Å². The summed E-state index contributed by atoms with van der Waals surface area (Å²) in [6, 6.07) is 0. The van der Waals surface area contributed by atoms with Crippen LogP contribution in [-0.2, 0) is 9.59 Å². The molecule has 64 valence electrons. The summed E-state index contributed by atoms with van der Waals surface area (Å²) in [6.45, 7) is 1.84. The van der Waals surface area contributed by atoms with Crippen molar-refractivity contribution in [3.8, 4) is 0 Å². The molecule has 11 heavy (non-hydrogen) atoms. The maximum atomic E-state index is 10.7. The Labute approximate surface area is 67.2 Å². The van der Waals surface area contributed by atoms with Gasteiger partial charge >= 0.3 is 0 Å². The smallest absolute Gasteiger partial charge is 0.219 e. The van der Waals surface area contributed by atoms with Gasteiger partial charge in [0.1, 0.15) is 5.78 Å². The molecule has 0 fully saturated rings. The minimum absolute atomic E-state index is 0.00824. The van der Waals surface area contributed by atoms with Gasteiger partial charge in [0.2, 0.25) is 5.91 Å². The fourth-order valence-corrected chi connectivity index (χ4v) is 0.748. The average Bonchev–Trinajstić information content (AvgIpc) is 2.04. The van der Waals surface area contributed by atoms with Gasteiger partial charge in [0.25, 0.3) is 0 Å². The molecule has 0 aromatic rings. The molecule has 0 aromatic carbocycles. The van der Waals surface area contributed by atoms with Gasteiger partial charge in [-0.3, -0.25) is 9.59 Å². The topological polar surface area (TPSA) is 46.2 Å². The van der Waals surface area contributed by atoms with E-state index in [1.165, 1.54) is 0 Å². The minimum atomic E-state index is 0.00824. The second kappa shape index (κ2) is 5.89. The zero-order chi connectivity index (χ0) is 8.69. The highest BCUT2D eigenvalue weighted by molar-refractivity contribution is 5.79. The van der Waals surface area contributed by atoms with E-state index < -0.39 is 0 Å². The summed E-state index contributed by atoms with van der Waals surface area (Å²) in [7, 11) is 1.60. The van der Waals surface area contributed by atoms with Crippen LogP contribution in [-0.4, -0.2) is 18.7 Å². The van der Waals surface area contributed by atoms with Gasteiger partial charge in [-0.25, -0.2) is 0 Å². The highest BCUT2D eigenvalue weighted by Crippen LogP contribution is 1.98. The van der Waals surface area contributed by atoms with Gasteiger partial charge in [0.05, 0.1) is 0 Å². The molecule has 0 spiro atoms. The second-order valence-electron chi connectivity index (χ2n) is 2.42. The first kappa shape index (κ1) is 10.1. The van der Waals surface area contributed by atoms with Gasteiger partial charge < -0.3 is 5.32 Å². The predicted molar refractivity (Wildman–Crippen MR) is 43.2 cm³/mol. The lowest BCUT2D eigenvalue weighted by molar-refractivity contribution is -0.121. The van der Waals surface area contributed by atoms with Crippen molar-refractivity contribution in [1.29, 1.82) is 0 Å². The third-order valence-corrected chi connectivity index (χ3v) is 1.53. The summed E-state index contributed by atoms with van der Waals surface area (Å²) in [6.07, 6.45) is 2.24. The maximum Gasteiger partial charge on any atom is 0.219 e. The molecule has 3 nitrogen and oxygen atoms in total. The molecule has 0 aromatic heterocycles. The van der Waals surface area contributed by atoms with E-state index in [1.807, 2.05) is 6.92 Å². The van der Waals surface area contributed by atoms with Crippen molar-refractivity contribution in [2.45, 2.75) is 32.6 Å². The SMILES string of the molecule is CCC(=O)CCCC(=O)NC. The molecule has 0 heterocycles. The monoisotopic (exact) mass is 157 g/mol. The molecular formula is C8H15NO2. The number of rotatable bonds is 5. The van der Waals surface area contributed by atoms with Crippen LogP contribution in [0.1, 0.15) is 32.6 Å². The predicted octanol–water partition coefficient (Wildman–Crippen LogP) is 0.882. The van der Waals surface area contributed by atoms with Crippen LogP contribution in [0, 0.1) is 0 Å². The molecule has 1 amide bonds. The first-order chi connectivity index (χ1) is 5.20. The first-order valence-electron chi connectivity index (χ1n) is 3.93. The maximum absolute atomic E-state index is 10.7. The van der Waals surface area contributed by atoms with Crippen molar-refractivity contribution in [3.05, 3.63) is 0 Å². The summed E-state index contributed by atoms with van der Waals surface area (Å²) in [5.41, 5.74) is 0. The third-order valence-electron chi connectivity index (χ3n) is 1.53. The van der Waals surface area contributed by atoms with Crippen molar-refractivity contribution in [2.75, 3.05) is 7.05 Å². The van der Waals surface area contributed by atoms with Crippen LogP contribution in [0.3, 0.4) is 0 Å². The number of nitrogens with one attached hydrogen (secondary N) is 1. The Kier molecular flexibility index (Phi) is 5.43. The van der Waals surface area contributed by atoms with E-state index in [0.717, 1.165) is 0 Å². The van der Waals surface area contributed by atoms with Gasteiger partial charge in [-0.2, -0.15) is 0 Å². The number of hydrogen-bond donors (Lipinski definition) is 1. The van der Waals surface area contributed by atoms with E-state index in [2.05, 4.69) is 5.32 Å². The largest absolute Gasteiger partial charge is 0.359 e. The molecule has 0 radical (unpaired) electrons. The van der Waals surface area contributed by atoms with Crippen molar-refractivity contribution < 1.29 is 9.59 Å². The van der Waals surface area contributed by atoms with Gasteiger partial charge in [0, 0.05) is 26.3 Å². The molecule has 0 rings (SSSR count). The van der Waals surface area contributed by atoms with Crippen LogP contribution in [0.25, 0.3) is 0 Å². The Morgan fingerprint density at radius 1 is 1.27 bits per heavy atom. The summed E-state index contributed by atoms with van der Waals surface area (Å²) >= 11 is 0. The standard InChI is InChI=1S/C8H15NO2/c1-3-7(10)5-4-6-8(11)9-2/h3-6H2,1-2H3,(H,9,11). The molecule has 0 aliphatic heterocycles. The van der Waals surface area contributed by atoms with Crippen LogP contribution in [0.4, 0.5) is 0 Å². The highest BCUT2D eigenvalue weighted by atomic mass is 16.1. The average molecular weight is 157 g/mol. The zero-order valence-electron chi connectivity index (χ0n) is 7.14. The minimum Gasteiger partial charge on any atom is -0.359 e. The van der Waals surface area contributed by atoms with E-state index in [1.54, 1.807) is 7.05 Å². The quantitative estimate of drug-likeness (QED) is 0.644. The Balaban J connectivity index is 3.27. The molecule has 0 unspecified atom stereocenters. The fourth-order valence-electron chi connectivity index (χ4n) is 0.748. The van der Waals surface area contributed by atoms with Crippen LogP contribution in [0.5, 0.6) is 0 Å². The van der Waals surface area contributed by atoms with Crippen LogP contribution < -0.4 is 5.32 Å². The van der Waals surface area contributed by atoms with Crippen molar-refractivity contribution in [2.24, 2.45) is 0 Å².